The molecule has 0 aliphatic rings. The van der Waals surface area contributed by atoms with E-state index >= 15 is 0 Å². The van der Waals surface area contributed by atoms with Crippen LogP contribution in [-0.4, -0.2) is 33.0 Å². The van der Waals surface area contributed by atoms with E-state index in [0.717, 1.165) is 12.1 Å². The number of aromatic nitrogens is 2. The molecule has 0 spiro atoms. The summed E-state index contributed by atoms with van der Waals surface area (Å²) in [6, 6.07) is 3.39. The van der Waals surface area contributed by atoms with Crippen molar-refractivity contribution in [2.24, 2.45) is 0 Å². The molecule has 0 bridgehead atoms. The molecule has 1 aromatic carbocycles. The maximum Gasteiger partial charge on any atom is 0.416 e. The maximum atomic E-state index is 12.8. The van der Waals surface area contributed by atoms with Gasteiger partial charge in [-0.25, -0.2) is 4.98 Å². The number of benzene rings is 1. The highest BCUT2D eigenvalue weighted by Crippen LogP contribution is 2.31. The molecule has 24 heavy (non-hydrogen) atoms. The predicted octanol–water partition coefficient (Wildman–Crippen LogP) is 2.61. The zero-order valence-corrected chi connectivity index (χ0v) is 12.7. The monoisotopic (exact) mass is 341 g/mol. The van der Waals surface area contributed by atoms with Crippen LogP contribution in [0, 0.1) is 6.92 Å². The highest BCUT2D eigenvalue weighted by molar-refractivity contribution is 5.96. The number of carboxylic acid groups (broad SMARTS) is 1. The number of halogens is 3. The fourth-order valence-corrected chi connectivity index (χ4v) is 1.99. The maximum absolute atomic E-state index is 12.8. The van der Waals surface area contributed by atoms with Gasteiger partial charge in [-0.15, -0.1) is 0 Å². The molecule has 6 nitrogen and oxygen atoms in total. The van der Waals surface area contributed by atoms with Gasteiger partial charge in [0.05, 0.1) is 5.56 Å². The summed E-state index contributed by atoms with van der Waals surface area (Å²) in [5, 5.41) is 11.0. The number of nitrogens with zero attached hydrogens (tertiary/aromatic N) is 1. The van der Waals surface area contributed by atoms with Gasteiger partial charge in [-0.05, 0) is 26.0 Å². The summed E-state index contributed by atoms with van der Waals surface area (Å²) in [4.78, 5) is 29.5. The number of hydrogen-bond donors (Lipinski definition) is 3. The fraction of sp³-hybridized carbons (Fsp3) is 0.267. The van der Waals surface area contributed by atoms with Crippen LogP contribution in [0.4, 0.5) is 13.2 Å². The summed E-state index contributed by atoms with van der Waals surface area (Å²) >= 11 is 0. The van der Waals surface area contributed by atoms with Gasteiger partial charge in [-0.3, -0.25) is 9.59 Å². The summed E-state index contributed by atoms with van der Waals surface area (Å²) in [5.74, 6) is -1.85. The minimum Gasteiger partial charge on any atom is -0.480 e. The van der Waals surface area contributed by atoms with Gasteiger partial charge in [0.25, 0.3) is 5.91 Å². The standard InChI is InChI=1S/C15H14F3N3O3/c1-7-11(13(22)20-8(2)14(23)24)21-12(19-7)9-4-3-5-10(6-9)15(16,17)18/h3-6,8H,1-2H3,(H,19,21)(H,20,22)(H,23,24). The topological polar surface area (TPSA) is 95.1 Å². The highest BCUT2D eigenvalue weighted by Gasteiger charge is 2.30. The van der Waals surface area contributed by atoms with Gasteiger partial charge < -0.3 is 15.4 Å². The molecule has 2 aromatic rings. The Morgan fingerprint density at radius 1 is 1.33 bits per heavy atom. The minimum absolute atomic E-state index is 0.0736. The summed E-state index contributed by atoms with van der Waals surface area (Å²) in [6.07, 6.45) is -4.49. The van der Waals surface area contributed by atoms with Crippen molar-refractivity contribution in [3.8, 4) is 11.4 Å². The first-order chi connectivity index (χ1) is 11.1. The lowest BCUT2D eigenvalue weighted by molar-refractivity contribution is -0.139. The number of amides is 1. The minimum atomic E-state index is -4.49. The summed E-state index contributed by atoms with van der Waals surface area (Å²) in [7, 11) is 0. The van der Waals surface area contributed by atoms with Crippen LogP contribution in [0.1, 0.15) is 28.7 Å². The molecule has 0 aliphatic carbocycles. The van der Waals surface area contributed by atoms with Crippen LogP contribution in [0.15, 0.2) is 24.3 Å². The Balaban J connectivity index is 2.32. The second-order valence-corrected chi connectivity index (χ2v) is 5.17. The van der Waals surface area contributed by atoms with Crippen LogP contribution >= 0.6 is 0 Å². The molecule has 1 amide bonds. The van der Waals surface area contributed by atoms with E-state index in [9.17, 15) is 22.8 Å². The van der Waals surface area contributed by atoms with Crippen molar-refractivity contribution in [3.05, 3.63) is 41.2 Å². The SMILES string of the molecule is Cc1[nH]c(-c2cccc(C(F)(F)F)c2)nc1C(=O)NC(C)C(=O)O. The van der Waals surface area contributed by atoms with Crippen molar-refractivity contribution < 1.29 is 27.9 Å². The first kappa shape index (κ1) is 17.5. The molecule has 0 saturated carbocycles. The normalized spacial score (nSPS) is 12.7. The van der Waals surface area contributed by atoms with Gasteiger partial charge in [0.15, 0.2) is 0 Å². The second kappa shape index (κ2) is 6.34. The first-order valence-electron chi connectivity index (χ1n) is 6.87. The third-order valence-electron chi connectivity index (χ3n) is 3.28. The van der Waals surface area contributed by atoms with Crippen LogP contribution in [0.2, 0.25) is 0 Å². The van der Waals surface area contributed by atoms with Gasteiger partial charge in [-0.2, -0.15) is 13.2 Å². The number of nitrogens with one attached hydrogen (secondary N) is 2. The van der Waals surface area contributed by atoms with Crippen molar-refractivity contribution in [3.63, 3.8) is 0 Å². The van der Waals surface area contributed by atoms with Gasteiger partial charge in [0.1, 0.15) is 17.6 Å². The quantitative estimate of drug-likeness (QED) is 0.797. The number of hydrogen-bond acceptors (Lipinski definition) is 3. The first-order valence-corrected chi connectivity index (χ1v) is 6.87. The lowest BCUT2D eigenvalue weighted by Gasteiger charge is -2.08. The summed E-state index contributed by atoms with van der Waals surface area (Å²) < 4.78 is 38.3. The average molecular weight is 341 g/mol. The molecule has 1 heterocycles. The zero-order chi connectivity index (χ0) is 18.1. The van der Waals surface area contributed by atoms with Crippen molar-refractivity contribution in [2.75, 3.05) is 0 Å². The molecule has 1 aromatic heterocycles. The Morgan fingerprint density at radius 3 is 2.58 bits per heavy atom. The number of carbonyl (C=O) groups excluding carboxylic acids is 1. The van der Waals surface area contributed by atoms with Crippen LogP contribution in [0.3, 0.4) is 0 Å². The molecule has 0 aliphatic heterocycles. The van der Waals surface area contributed by atoms with E-state index in [2.05, 4.69) is 15.3 Å². The summed E-state index contributed by atoms with van der Waals surface area (Å²) in [5.41, 5.74) is -0.425. The third kappa shape index (κ3) is 3.73. The van der Waals surface area contributed by atoms with Crippen molar-refractivity contribution in [2.45, 2.75) is 26.1 Å². The molecule has 3 N–H and O–H groups in total. The van der Waals surface area contributed by atoms with Gasteiger partial charge in [0, 0.05) is 11.3 Å². The van der Waals surface area contributed by atoms with E-state index < -0.39 is 29.7 Å². The average Bonchev–Trinajstić information content (AvgIpc) is 2.88. The smallest absolute Gasteiger partial charge is 0.416 e. The molecular formula is C15H14F3N3O3. The molecular weight excluding hydrogens is 327 g/mol. The predicted molar refractivity (Wildman–Crippen MR) is 78.3 cm³/mol. The number of aliphatic carboxylic acids is 1. The number of carboxylic acids is 1. The number of alkyl halides is 3. The molecule has 9 heteroatoms. The Morgan fingerprint density at radius 2 is 2.00 bits per heavy atom. The Labute approximate surface area is 134 Å². The lowest BCUT2D eigenvalue weighted by Crippen LogP contribution is -2.38. The number of aromatic amines is 1. The van der Waals surface area contributed by atoms with Gasteiger partial charge in [-0.1, -0.05) is 12.1 Å². The highest BCUT2D eigenvalue weighted by atomic mass is 19.4. The van der Waals surface area contributed by atoms with Crippen LogP contribution in [-0.2, 0) is 11.0 Å². The molecule has 128 valence electrons. The van der Waals surface area contributed by atoms with E-state index in [0.29, 0.717) is 5.69 Å². The Bertz CT molecular complexity index is 784. The van der Waals surface area contributed by atoms with E-state index in [-0.39, 0.29) is 17.1 Å². The number of imidazole rings is 1. The fourth-order valence-electron chi connectivity index (χ4n) is 1.99. The number of carbonyl (C=O) groups is 2. The molecule has 0 fully saturated rings. The zero-order valence-electron chi connectivity index (χ0n) is 12.7. The molecule has 1 atom stereocenters. The Kier molecular flexibility index (Phi) is 4.63. The van der Waals surface area contributed by atoms with Crippen LogP contribution < -0.4 is 5.32 Å². The van der Waals surface area contributed by atoms with E-state index in [1.807, 2.05) is 0 Å². The molecule has 0 saturated heterocycles. The van der Waals surface area contributed by atoms with Gasteiger partial charge >= 0.3 is 12.1 Å². The number of aryl methyl sites for hydroxylation is 1. The van der Waals surface area contributed by atoms with Crippen molar-refractivity contribution in [1.82, 2.24) is 15.3 Å². The third-order valence-corrected chi connectivity index (χ3v) is 3.28. The molecule has 0 radical (unpaired) electrons. The van der Waals surface area contributed by atoms with Gasteiger partial charge in [0.2, 0.25) is 0 Å². The molecule has 2 rings (SSSR count). The van der Waals surface area contributed by atoms with Crippen LogP contribution in [0.25, 0.3) is 11.4 Å². The second-order valence-electron chi connectivity index (χ2n) is 5.17. The Hall–Kier alpha value is -2.84. The van der Waals surface area contributed by atoms with E-state index in [1.54, 1.807) is 0 Å². The largest absolute Gasteiger partial charge is 0.480 e. The van der Waals surface area contributed by atoms with Crippen LogP contribution in [0.5, 0.6) is 0 Å². The van der Waals surface area contributed by atoms with Crippen molar-refractivity contribution >= 4 is 11.9 Å². The molecule has 1 unspecified atom stereocenters. The van der Waals surface area contributed by atoms with E-state index in [1.165, 1.54) is 26.0 Å². The lowest BCUT2D eigenvalue weighted by atomic mass is 10.1. The van der Waals surface area contributed by atoms with E-state index in [4.69, 9.17) is 5.11 Å². The number of H-pyrrole nitrogens is 1. The number of rotatable bonds is 4. The summed E-state index contributed by atoms with van der Waals surface area (Å²) in [6.45, 7) is 2.81. The van der Waals surface area contributed by atoms with Crippen molar-refractivity contribution in [1.29, 1.82) is 0 Å².